The molecule has 1 amide bonds. The number of aromatic nitrogens is 5. The third-order valence-electron chi connectivity index (χ3n) is 6.27. The number of hydrogen-bond acceptors (Lipinski definition) is 6. The summed E-state index contributed by atoms with van der Waals surface area (Å²) >= 11 is 0. The molecule has 0 aliphatic heterocycles. The quantitative estimate of drug-likeness (QED) is 0.306. The highest BCUT2D eigenvalue weighted by Crippen LogP contribution is 2.40. The van der Waals surface area contributed by atoms with Gasteiger partial charge in [0.05, 0.1) is 17.9 Å². The molecule has 3 aromatic heterocycles. The van der Waals surface area contributed by atoms with Gasteiger partial charge in [-0.1, -0.05) is 0 Å². The average molecular weight is 546 g/mol. The van der Waals surface area contributed by atoms with Crippen molar-refractivity contribution in [2.75, 3.05) is 6.54 Å². The Balaban J connectivity index is 1.74. The second-order valence-electron chi connectivity index (χ2n) is 9.81. The van der Waals surface area contributed by atoms with Crippen molar-refractivity contribution in [1.82, 2.24) is 29.9 Å². The summed E-state index contributed by atoms with van der Waals surface area (Å²) in [6.07, 6.45) is -2.15. The average Bonchev–Trinajstić information content (AvgIpc) is 3.50. The fourth-order valence-electron chi connectivity index (χ4n) is 3.98. The zero-order chi connectivity index (χ0) is 28.8. The number of hydrogen-bond donors (Lipinski definition) is 3. The summed E-state index contributed by atoms with van der Waals surface area (Å²) < 4.78 is 59.6. The Morgan fingerprint density at radius 3 is 2.46 bits per heavy atom. The number of carbonyl (C=O) groups is 1. The highest BCUT2D eigenvalue weighted by atomic mass is 19.4. The Hall–Kier alpha value is -4.10. The monoisotopic (exact) mass is 545 g/mol. The molecule has 4 rings (SSSR count). The summed E-state index contributed by atoms with van der Waals surface area (Å²) in [6.45, 7) is 3.51. The Morgan fingerprint density at radius 2 is 1.87 bits per heavy atom. The minimum atomic E-state index is -5.24. The maximum absolute atomic E-state index is 14.5. The Bertz CT molecular complexity index is 1510. The van der Waals surface area contributed by atoms with Gasteiger partial charge in [0.1, 0.15) is 11.5 Å². The first-order valence-electron chi connectivity index (χ1n) is 11.8. The summed E-state index contributed by atoms with van der Waals surface area (Å²) in [5.41, 5.74) is 1.76. The molecule has 1 aromatic carbocycles. The molecule has 9 nitrogen and oxygen atoms in total. The van der Waals surface area contributed by atoms with Crippen molar-refractivity contribution in [2.24, 2.45) is 12.8 Å². The van der Waals surface area contributed by atoms with Crippen LogP contribution in [0.1, 0.15) is 41.2 Å². The number of nitrogens with zero attached hydrogens (tertiary/aromatic N) is 5. The maximum Gasteiger partial charge on any atom is 0.424 e. The van der Waals surface area contributed by atoms with Crippen LogP contribution >= 0.6 is 0 Å². The molecule has 0 spiro atoms. The van der Waals surface area contributed by atoms with Gasteiger partial charge in [-0.3, -0.25) is 9.48 Å². The second-order valence-corrected chi connectivity index (χ2v) is 9.81. The number of nitrogens with two attached hydrogens (primary N) is 1. The number of halogens is 4. The SMILES string of the molecule is Cc1cc(F)ccc1-c1cc(C(C)(C)N)cc(C(O)(CNC(=O)c2cc(-n3cccn3)nn2C)C(F)(F)F)n1. The Labute approximate surface area is 221 Å². The van der Waals surface area contributed by atoms with Crippen LogP contribution in [0.4, 0.5) is 17.6 Å². The van der Waals surface area contributed by atoms with Crippen molar-refractivity contribution in [3.8, 4) is 17.1 Å². The van der Waals surface area contributed by atoms with Crippen molar-refractivity contribution in [3.05, 3.63) is 83.2 Å². The third kappa shape index (κ3) is 5.54. The number of nitrogens with one attached hydrogen (secondary N) is 1. The van der Waals surface area contributed by atoms with E-state index >= 15 is 0 Å². The van der Waals surface area contributed by atoms with E-state index in [0.717, 1.165) is 12.1 Å². The van der Waals surface area contributed by atoms with Crippen LogP contribution in [0.2, 0.25) is 0 Å². The number of aryl methyl sites for hydroxylation is 2. The van der Waals surface area contributed by atoms with Gasteiger partial charge in [-0.05, 0) is 68.3 Å². The van der Waals surface area contributed by atoms with E-state index in [1.807, 2.05) is 0 Å². The molecule has 0 saturated heterocycles. The van der Waals surface area contributed by atoms with Crippen LogP contribution in [0.15, 0.2) is 54.9 Å². The van der Waals surface area contributed by atoms with Gasteiger partial charge in [-0.25, -0.2) is 14.1 Å². The number of amides is 1. The van der Waals surface area contributed by atoms with Gasteiger partial charge in [0, 0.05) is 36.6 Å². The van der Waals surface area contributed by atoms with E-state index in [-0.39, 0.29) is 22.8 Å². The fraction of sp³-hybridized carbons (Fsp3) is 0.308. The number of carbonyl (C=O) groups excluding carboxylic acids is 1. The van der Waals surface area contributed by atoms with E-state index < -0.39 is 41.3 Å². The molecule has 0 fully saturated rings. The topological polar surface area (TPSA) is 124 Å². The molecule has 0 saturated carbocycles. The number of benzene rings is 1. The first-order valence-corrected chi connectivity index (χ1v) is 11.8. The molecule has 39 heavy (non-hydrogen) atoms. The minimum absolute atomic E-state index is 0.0579. The minimum Gasteiger partial charge on any atom is -0.374 e. The lowest BCUT2D eigenvalue weighted by atomic mass is 9.89. The molecule has 0 aliphatic rings. The van der Waals surface area contributed by atoms with Gasteiger partial charge in [-0.15, -0.1) is 0 Å². The lowest BCUT2D eigenvalue weighted by Gasteiger charge is -2.32. The molecule has 4 aromatic rings. The van der Waals surface area contributed by atoms with Crippen molar-refractivity contribution in [2.45, 2.75) is 38.1 Å². The van der Waals surface area contributed by atoms with Crippen LogP contribution in [0, 0.1) is 12.7 Å². The molecule has 13 heteroatoms. The summed E-state index contributed by atoms with van der Waals surface area (Å²) in [5.74, 6) is -1.15. The number of pyridine rings is 1. The van der Waals surface area contributed by atoms with E-state index in [4.69, 9.17) is 5.73 Å². The highest BCUT2D eigenvalue weighted by molar-refractivity contribution is 5.93. The van der Waals surface area contributed by atoms with Gasteiger partial charge in [0.25, 0.3) is 5.91 Å². The van der Waals surface area contributed by atoms with Gasteiger partial charge >= 0.3 is 6.18 Å². The maximum atomic E-state index is 14.5. The normalized spacial score (nSPS) is 13.8. The van der Waals surface area contributed by atoms with Crippen LogP contribution in [-0.2, 0) is 18.2 Å². The molecular formula is C26H27F4N7O2. The van der Waals surface area contributed by atoms with Crippen molar-refractivity contribution in [3.63, 3.8) is 0 Å². The third-order valence-corrected chi connectivity index (χ3v) is 6.27. The predicted octanol–water partition coefficient (Wildman–Crippen LogP) is 3.49. The molecule has 0 aliphatic carbocycles. The van der Waals surface area contributed by atoms with Gasteiger partial charge in [0.15, 0.2) is 5.82 Å². The Morgan fingerprint density at radius 1 is 1.15 bits per heavy atom. The van der Waals surface area contributed by atoms with Crippen LogP contribution in [0.25, 0.3) is 17.1 Å². The summed E-state index contributed by atoms with van der Waals surface area (Å²) in [6, 6.07) is 9.30. The van der Waals surface area contributed by atoms with Gasteiger partial charge in [-0.2, -0.15) is 23.4 Å². The molecule has 1 atom stereocenters. The predicted molar refractivity (Wildman–Crippen MR) is 134 cm³/mol. The van der Waals surface area contributed by atoms with Crippen molar-refractivity contribution in [1.29, 1.82) is 0 Å². The van der Waals surface area contributed by atoms with Crippen LogP contribution in [0.3, 0.4) is 0 Å². The molecule has 0 bridgehead atoms. The van der Waals surface area contributed by atoms with E-state index in [2.05, 4.69) is 20.5 Å². The van der Waals surface area contributed by atoms with E-state index in [9.17, 15) is 27.5 Å². The number of alkyl halides is 3. The van der Waals surface area contributed by atoms with Crippen LogP contribution in [-0.4, -0.2) is 48.3 Å². The van der Waals surface area contributed by atoms with E-state index in [1.165, 1.54) is 46.9 Å². The molecule has 0 radical (unpaired) electrons. The smallest absolute Gasteiger partial charge is 0.374 e. The molecule has 206 valence electrons. The highest BCUT2D eigenvalue weighted by Gasteiger charge is 2.56. The first-order chi connectivity index (χ1) is 18.1. The first kappa shape index (κ1) is 27.9. The summed E-state index contributed by atoms with van der Waals surface area (Å²) in [5, 5.41) is 21.4. The largest absolute Gasteiger partial charge is 0.424 e. The summed E-state index contributed by atoms with van der Waals surface area (Å²) in [7, 11) is 1.45. The van der Waals surface area contributed by atoms with E-state index in [1.54, 1.807) is 33.0 Å². The second kappa shape index (κ2) is 9.89. The zero-order valence-electron chi connectivity index (χ0n) is 21.6. The zero-order valence-corrected chi connectivity index (χ0v) is 21.6. The van der Waals surface area contributed by atoms with Gasteiger partial charge < -0.3 is 16.2 Å². The van der Waals surface area contributed by atoms with Crippen LogP contribution in [0.5, 0.6) is 0 Å². The molecule has 4 N–H and O–H groups in total. The van der Waals surface area contributed by atoms with Gasteiger partial charge in [0.2, 0.25) is 5.60 Å². The molecular weight excluding hydrogens is 518 g/mol. The fourth-order valence-corrected chi connectivity index (χ4v) is 3.98. The lowest BCUT2D eigenvalue weighted by molar-refractivity contribution is -0.265. The molecule has 3 heterocycles. The van der Waals surface area contributed by atoms with Crippen LogP contribution < -0.4 is 11.1 Å². The van der Waals surface area contributed by atoms with Crippen molar-refractivity contribution < 1.29 is 27.5 Å². The molecule has 1 unspecified atom stereocenters. The standard InChI is InChI=1S/C26H27F4N7O2/c1-15-10-17(27)6-7-18(15)19-11-16(24(2,3)31)12-21(34-19)25(39,26(28,29)30)14-32-23(38)20-13-22(35-36(20)4)37-9-5-8-33-37/h5-13,39H,14,31H2,1-4H3,(H,32,38). The number of aliphatic hydroxyl groups is 1. The lowest BCUT2D eigenvalue weighted by Crippen LogP contribution is -2.52. The van der Waals surface area contributed by atoms with Crippen molar-refractivity contribution >= 4 is 5.91 Å². The number of rotatable bonds is 7. The van der Waals surface area contributed by atoms with E-state index in [0.29, 0.717) is 11.1 Å². The summed E-state index contributed by atoms with van der Waals surface area (Å²) in [4.78, 5) is 17.0. The Kier molecular flexibility index (Phi) is 7.08.